The molecule has 0 unspecified atom stereocenters. The molecule has 1 aromatic heterocycles. The third kappa shape index (κ3) is 4.06. The van der Waals surface area contributed by atoms with Crippen LogP contribution in [-0.2, 0) is 6.54 Å². The van der Waals surface area contributed by atoms with Gasteiger partial charge in [-0.1, -0.05) is 13.8 Å². The first-order valence-corrected chi connectivity index (χ1v) is 7.02. The molecule has 4 N–H and O–H groups in total. The molecule has 0 atom stereocenters. The van der Waals surface area contributed by atoms with Crippen LogP contribution in [0.5, 0.6) is 5.75 Å². The minimum Gasteiger partial charge on any atom is -0.508 e. The van der Waals surface area contributed by atoms with Crippen LogP contribution in [0.1, 0.15) is 19.4 Å². The minimum atomic E-state index is 0.224. The van der Waals surface area contributed by atoms with Crippen molar-refractivity contribution >= 4 is 17.5 Å². The number of nitrogen functional groups attached to an aromatic ring is 1. The first-order chi connectivity index (χ1) is 10.1. The zero-order valence-electron chi connectivity index (χ0n) is 12.4. The van der Waals surface area contributed by atoms with Crippen molar-refractivity contribution in [3.63, 3.8) is 0 Å². The van der Waals surface area contributed by atoms with Crippen molar-refractivity contribution in [1.29, 1.82) is 0 Å². The first kappa shape index (κ1) is 15.1. The molecule has 0 bridgehead atoms. The zero-order valence-corrected chi connectivity index (χ0v) is 12.4. The number of nitrogens with one attached hydrogen (secondary N) is 1. The molecule has 0 fully saturated rings. The Morgan fingerprint density at radius 2 is 2.00 bits per heavy atom. The molecule has 6 nitrogen and oxygen atoms in total. The van der Waals surface area contributed by atoms with Crippen LogP contribution in [0.25, 0.3) is 0 Å². The molecule has 0 aliphatic carbocycles. The van der Waals surface area contributed by atoms with Crippen molar-refractivity contribution in [2.45, 2.75) is 20.4 Å². The summed E-state index contributed by atoms with van der Waals surface area (Å²) in [5.74, 6) is 1.15. The van der Waals surface area contributed by atoms with E-state index < -0.39 is 0 Å². The summed E-state index contributed by atoms with van der Waals surface area (Å²) in [6.45, 7) is 6.80. The number of aromatic hydroxyl groups is 1. The molecule has 0 saturated carbocycles. The molecule has 0 saturated heterocycles. The van der Waals surface area contributed by atoms with E-state index in [-0.39, 0.29) is 5.95 Å². The molecule has 0 amide bonds. The largest absolute Gasteiger partial charge is 0.508 e. The topological polar surface area (TPSA) is 87.3 Å². The van der Waals surface area contributed by atoms with Gasteiger partial charge in [0.15, 0.2) is 0 Å². The van der Waals surface area contributed by atoms with E-state index in [1.807, 2.05) is 6.07 Å². The Hall–Kier alpha value is -2.34. The summed E-state index contributed by atoms with van der Waals surface area (Å²) in [7, 11) is 0. The number of anilines is 3. The van der Waals surface area contributed by atoms with Gasteiger partial charge in [0, 0.05) is 24.0 Å². The molecule has 1 heterocycles. The number of hydrogen-bond acceptors (Lipinski definition) is 6. The summed E-state index contributed by atoms with van der Waals surface area (Å²) in [5.41, 5.74) is 7.29. The highest BCUT2D eigenvalue weighted by molar-refractivity contribution is 5.59. The van der Waals surface area contributed by atoms with Gasteiger partial charge in [-0.3, -0.25) is 4.90 Å². The average Bonchev–Trinajstić information content (AvgIpc) is 2.48. The van der Waals surface area contributed by atoms with Crippen LogP contribution in [0.3, 0.4) is 0 Å². The lowest BCUT2D eigenvalue weighted by atomic mass is 10.1. The summed E-state index contributed by atoms with van der Waals surface area (Å²) in [6.07, 6.45) is 1.60. The van der Waals surface area contributed by atoms with Crippen LogP contribution in [0.15, 0.2) is 30.5 Å². The third-order valence-corrected chi connectivity index (χ3v) is 3.31. The van der Waals surface area contributed by atoms with Gasteiger partial charge in [0.05, 0.1) is 0 Å². The molecule has 0 spiro atoms. The van der Waals surface area contributed by atoms with Gasteiger partial charge in [-0.2, -0.15) is 4.98 Å². The highest BCUT2D eigenvalue weighted by Gasteiger charge is 2.07. The predicted molar refractivity (Wildman–Crippen MR) is 84.5 cm³/mol. The van der Waals surface area contributed by atoms with E-state index in [4.69, 9.17) is 5.73 Å². The fraction of sp³-hybridized carbons (Fsp3) is 0.333. The van der Waals surface area contributed by atoms with Crippen LogP contribution in [0.4, 0.5) is 17.5 Å². The summed E-state index contributed by atoms with van der Waals surface area (Å²) >= 11 is 0. The fourth-order valence-electron chi connectivity index (χ4n) is 2.07. The number of nitrogens with two attached hydrogens (primary N) is 1. The number of phenols is 1. The summed E-state index contributed by atoms with van der Waals surface area (Å²) in [6, 6.07) is 7.16. The number of benzene rings is 1. The van der Waals surface area contributed by atoms with Gasteiger partial charge in [0.25, 0.3) is 0 Å². The van der Waals surface area contributed by atoms with E-state index in [1.54, 1.807) is 24.4 Å². The second-order valence-electron chi connectivity index (χ2n) is 4.73. The van der Waals surface area contributed by atoms with Crippen LogP contribution in [-0.4, -0.2) is 33.1 Å². The number of hydrogen-bond donors (Lipinski definition) is 3. The Bertz CT molecular complexity index is 598. The molecule has 1 aromatic carbocycles. The molecular weight excluding hydrogens is 266 g/mol. The van der Waals surface area contributed by atoms with Gasteiger partial charge in [0.1, 0.15) is 11.6 Å². The molecule has 0 aliphatic rings. The molecule has 6 heteroatoms. The smallest absolute Gasteiger partial charge is 0.221 e. The van der Waals surface area contributed by atoms with Gasteiger partial charge in [-0.05, 0) is 37.4 Å². The normalized spacial score (nSPS) is 10.8. The van der Waals surface area contributed by atoms with Crippen LogP contribution >= 0.6 is 0 Å². The Morgan fingerprint density at radius 1 is 1.24 bits per heavy atom. The van der Waals surface area contributed by atoms with Crippen molar-refractivity contribution in [1.82, 2.24) is 14.9 Å². The maximum absolute atomic E-state index is 9.99. The van der Waals surface area contributed by atoms with E-state index in [0.717, 1.165) is 24.3 Å². The fourth-order valence-corrected chi connectivity index (χ4v) is 2.07. The number of phenolic OH excluding ortho intramolecular Hbond substituents is 1. The van der Waals surface area contributed by atoms with Crippen LogP contribution < -0.4 is 11.1 Å². The van der Waals surface area contributed by atoms with Gasteiger partial charge in [-0.25, -0.2) is 4.98 Å². The quantitative estimate of drug-likeness (QED) is 0.707. The molecule has 0 radical (unpaired) electrons. The highest BCUT2D eigenvalue weighted by atomic mass is 16.3. The number of aromatic nitrogens is 2. The maximum atomic E-state index is 9.99. The Balaban J connectivity index is 2.18. The standard InChI is InChI=1S/C15H21N5O/c1-3-20(4-2)10-11-9-12(5-6-13(11)21)18-14-7-8-17-15(16)19-14/h5-9,21H,3-4,10H2,1-2H3,(H3,16,17,18,19). The summed E-state index contributed by atoms with van der Waals surface area (Å²) in [5, 5.41) is 13.1. The third-order valence-electron chi connectivity index (χ3n) is 3.31. The Labute approximate surface area is 124 Å². The van der Waals surface area contributed by atoms with E-state index in [1.165, 1.54) is 0 Å². The maximum Gasteiger partial charge on any atom is 0.221 e. The Morgan fingerprint density at radius 3 is 2.67 bits per heavy atom. The lowest BCUT2D eigenvalue weighted by Gasteiger charge is -2.19. The van der Waals surface area contributed by atoms with E-state index >= 15 is 0 Å². The minimum absolute atomic E-state index is 0.224. The number of rotatable bonds is 6. The van der Waals surface area contributed by atoms with Crippen LogP contribution in [0, 0.1) is 0 Å². The van der Waals surface area contributed by atoms with Crippen molar-refractivity contribution in [3.05, 3.63) is 36.0 Å². The van der Waals surface area contributed by atoms with Gasteiger partial charge >= 0.3 is 0 Å². The lowest BCUT2D eigenvalue weighted by Crippen LogP contribution is -2.22. The number of nitrogens with zero attached hydrogens (tertiary/aromatic N) is 3. The molecule has 21 heavy (non-hydrogen) atoms. The summed E-state index contributed by atoms with van der Waals surface area (Å²) in [4.78, 5) is 10.2. The monoisotopic (exact) mass is 287 g/mol. The average molecular weight is 287 g/mol. The van der Waals surface area contributed by atoms with E-state index in [0.29, 0.717) is 18.1 Å². The SMILES string of the molecule is CCN(CC)Cc1cc(Nc2ccnc(N)n2)ccc1O. The highest BCUT2D eigenvalue weighted by Crippen LogP contribution is 2.24. The summed E-state index contributed by atoms with van der Waals surface area (Å²) < 4.78 is 0. The first-order valence-electron chi connectivity index (χ1n) is 7.02. The second kappa shape index (κ2) is 6.90. The molecule has 0 aliphatic heterocycles. The molecule has 2 rings (SSSR count). The lowest BCUT2D eigenvalue weighted by molar-refractivity contribution is 0.291. The van der Waals surface area contributed by atoms with E-state index in [2.05, 4.69) is 34.0 Å². The predicted octanol–water partition coefficient (Wildman–Crippen LogP) is 2.35. The second-order valence-corrected chi connectivity index (χ2v) is 4.73. The van der Waals surface area contributed by atoms with Crippen molar-refractivity contribution < 1.29 is 5.11 Å². The van der Waals surface area contributed by atoms with Gasteiger partial charge in [0.2, 0.25) is 5.95 Å². The van der Waals surface area contributed by atoms with Crippen LogP contribution in [0.2, 0.25) is 0 Å². The molecule has 2 aromatic rings. The zero-order chi connectivity index (χ0) is 15.2. The molecule has 112 valence electrons. The van der Waals surface area contributed by atoms with Crippen molar-refractivity contribution in [3.8, 4) is 5.75 Å². The van der Waals surface area contributed by atoms with Gasteiger partial charge in [-0.15, -0.1) is 0 Å². The van der Waals surface area contributed by atoms with Crippen molar-refractivity contribution in [2.75, 3.05) is 24.1 Å². The Kier molecular flexibility index (Phi) is 4.94. The van der Waals surface area contributed by atoms with E-state index in [9.17, 15) is 5.11 Å². The van der Waals surface area contributed by atoms with Gasteiger partial charge < -0.3 is 16.2 Å². The van der Waals surface area contributed by atoms with Crippen molar-refractivity contribution in [2.24, 2.45) is 0 Å². The molecular formula is C15H21N5O.